The molecule has 0 radical (unpaired) electrons. The molecule has 0 amide bonds. The maximum absolute atomic E-state index is 11.1. The highest BCUT2D eigenvalue weighted by Crippen LogP contribution is 2.44. The molecule has 0 saturated heterocycles. The summed E-state index contributed by atoms with van der Waals surface area (Å²) < 4.78 is 0. The molecule has 3 nitrogen and oxygen atoms in total. The lowest BCUT2D eigenvalue weighted by atomic mass is 9.74. The van der Waals surface area contributed by atoms with Gasteiger partial charge in [0.25, 0.3) is 0 Å². The number of aryl methyl sites for hydroxylation is 1. The van der Waals surface area contributed by atoms with Crippen molar-refractivity contribution in [1.29, 1.82) is 0 Å². The van der Waals surface area contributed by atoms with Crippen LogP contribution in [0.1, 0.15) is 45.0 Å². The van der Waals surface area contributed by atoms with Gasteiger partial charge in [-0.15, -0.1) is 0 Å². The molecule has 0 bridgehead atoms. The van der Waals surface area contributed by atoms with Crippen LogP contribution in [-0.2, 0) is 12.8 Å². The van der Waals surface area contributed by atoms with E-state index in [4.69, 9.17) is 11.6 Å². The zero-order valence-electron chi connectivity index (χ0n) is 13.6. The van der Waals surface area contributed by atoms with E-state index in [1.165, 1.54) is 22.3 Å². The van der Waals surface area contributed by atoms with Gasteiger partial charge in [-0.1, -0.05) is 23.7 Å². The number of hydrogen-bond donors (Lipinski definition) is 1. The third kappa shape index (κ3) is 2.43. The molecule has 2 aromatic rings. The fraction of sp³-hybridized carbons (Fsp3) is 0.350. The predicted molar refractivity (Wildman–Crippen MR) is 95.2 cm³/mol. The first kappa shape index (κ1) is 15.7. The Labute approximate surface area is 146 Å². The fourth-order valence-corrected chi connectivity index (χ4v) is 4.52. The molecule has 124 valence electrons. The van der Waals surface area contributed by atoms with Gasteiger partial charge in [0.1, 0.15) is 12.0 Å². The second-order valence-corrected chi connectivity index (χ2v) is 7.30. The van der Waals surface area contributed by atoms with Crippen LogP contribution < -0.4 is 0 Å². The lowest BCUT2D eigenvalue weighted by Gasteiger charge is -2.38. The third-order valence-corrected chi connectivity index (χ3v) is 5.88. The molecular weight excluding hydrogens is 322 g/mol. The highest BCUT2D eigenvalue weighted by molar-refractivity contribution is 6.32. The lowest BCUT2D eigenvalue weighted by Crippen LogP contribution is -2.39. The largest absolute Gasteiger partial charge is 0.506 e. The average Bonchev–Trinajstić information content (AvgIpc) is 2.73. The van der Waals surface area contributed by atoms with Crippen LogP contribution in [0.5, 0.6) is 5.75 Å². The van der Waals surface area contributed by atoms with Gasteiger partial charge in [-0.3, -0.25) is 4.79 Å². The van der Waals surface area contributed by atoms with Crippen LogP contribution in [0.3, 0.4) is 0 Å². The number of nitrogens with zero attached hydrogens (tertiary/aromatic N) is 1. The number of fused-ring (bicyclic) bond motifs is 5. The Bertz CT molecular complexity index is 818. The quantitative estimate of drug-likeness (QED) is 0.802. The van der Waals surface area contributed by atoms with Crippen LogP contribution >= 0.6 is 11.6 Å². The number of phenolic OH excluding ortho intramolecular Hbond substituents is 1. The van der Waals surface area contributed by atoms with Crippen molar-refractivity contribution in [2.45, 2.75) is 31.2 Å². The number of phenols is 1. The predicted octanol–water partition coefficient (Wildman–Crippen LogP) is 3.79. The number of rotatable bonds is 1. The number of aromatic hydroxyl groups is 1. The van der Waals surface area contributed by atoms with Gasteiger partial charge in [-0.25, -0.2) is 0 Å². The summed E-state index contributed by atoms with van der Waals surface area (Å²) in [4.78, 5) is 13.5. The Hall–Kier alpha value is -1.84. The molecule has 0 spiro atoms. The van der Waals surface area contributed by atoms with Gasteiger partial charge in [0.2, 0.25) is 0 Å². The van der Waals surface area contributed by atoms with E-state index in [1.54, 1.807) is 0 Å². The highest BCUT2D eigenvalue weighted by Gasteiger charge is 2.36. The van der Waals surface area contributed by atoms with Gasteiger partial charge in [-0.05, 0) is 66.8 Å². The van der Waals surface area contributed by atoms with Gasteiger partial charge >= 0.3 is 0 Å². The molecule has 0 aromatic heterocycles. The topological polar surface area (TPSA) is 40.5 Å². The molecule has 4 rings (SSSR count). The van der Waals surface area contributed by atoms with Gasteiger partial charge < -0.3 is 10.0 Å². The van der Waals surface area contributed by atoms with Crippen LogP contribution in [0.15, 0.2) is 30.3 Å². The second kappa shape index (κ2) is 5.91. The van der Waals surface area contributed by atoms with E-state index in [0.717, 1.165) is 37.7 Å². The standard InChI is InChI=1S/C20H20ClNO2/c1-22-7-6-14-9-17(21)19(24)10-16(14)20-15-4-2-12(11-23)8-13(15)3-5-18(20)22/h2,4,8-11,18,20,24H,3,5-7H2,1H3/t18-,20+/m0/s1. The minimum Gasteiger partial charge on any atom is -0.506 e. The molecule has 2 aromatic carbocycles. The number of carbonyl (C=O) groups excluding carboxylic acids is 1. The Kier molecular flexibility index (Phi) is 3.86. The van der Waals surface area contributed by atoms with Crippen molar-refractivity contribution >= 4 is 17.9 Å². The number of benzene rings is 2. The molecule has 0 fully saturated rings. The Morgan fingerprint density at radius 1 is 1.17 bits per heavy atom. The third-order valence-electron chi connectivity index (χ3n) is 5.58. The van der Waals surface area contributed by atoms with Crippen molar-refractivity contribution in [2.75, 3.05) is 13.6 Å². The number of hydrogen-bond acceptors (Lipinski definition) is 3. The Balaban J connectivity index is 1.92. The van der Waals surface area contributed by atoms with Crippen LogP contribution in [0, 0.1) is 0 Å². The van der Waals surface area contributed by atoms with Crippen molar-refractivity contribution in [1.82, 2.24) is 4.90 Å². The van der Waals surface area contributed by atoms with Crippen molar-refractivity contribution in [3.05, 3.63) is 63.2 Å². The van der Waals surface area contributed by atoms with Gasteiger partial charge in [0, 0.05) is 24.1 Å². The smallest absolute Gasteiger partial charge is 0.150 e. The first-order valence-electron chi connectivity index (χ1n) is 8.38. The summed E-state index contributed by atoms with van der Waals surface area (Å²) in [5, 5.41) is 10.6. The van der Waals surface area contributed by atoms with E-state index < -0.39 is 0 Å². The molecule has 1 aliphatic carbocycles. The molecular formula is C20H20ClNO2. The maximum atomic E-state index is 11.1. The van der Waals surface area contributed by atoms with E-state index in [1.807, 2.05) is 24.3 Å². The molecule has 1 N–H and O–H groups in total. The molecule has 24 heavy (non-hydrogen) atoms. The van der Waals surface area contributed by atoms with Crippen LogP contribution in [-0.4, -0.2) is 35.9 Å². The summed E-state index contributed by atoms with van der Waals surface area (Å²) in [5.41, 5.74) is 5.63. The summed E-state index contributed by atoms with van der Waals surface area (Å²) in [6, 6.07) is 10.2. The van der Waals surface area contributed by atoms with E-state index in [2.05, 4.69) is 18.0 Å². The zero-order chi connectivity index (χ0) is 16.8. The lowest BCUT2D eigenvalue weighted by molar-refractivity contribution is 0.112. The van der Waals surface area contributed by atoms with Gasteiger partial charge in [0.05, 0.1) is 5.02 Å². The van der Waals surface area contributed by atoms with Crippen LogP contribution in [0.2, 0.25) is 5.02 Å². The van der Waals surface area contributed by atoms with E-state index >= 15 is 0 Å². The number of likely N-dealkylation sites (N-methyl/N-ethyl adjacent to an activating group) is 1. The molecule has 2 aliphatic rings. The summed E-state index contributed by atoms with van der Waals surface area (Å²) in [6.45, 7) is 0.983. The average molecular weight is 342 g/mol. The van der Waals surface area contributed by atoms with Gasteiger partial charge in [-0.2, -0.15) is 0 Å². The maximum Gasteiger partial charge on any atom is 0.150 e. The number of halogens is 1. The molecule has 1 heterocycles. The van der Waals surface area contributed by atoms with Crippen molar-refractivity contribution < 1.29 is 9.90 Å². The molecule has 0 unspecified atom stereocenters. The summed E-state index contributed by atoms with van der Waals surface area (Å²) in [6.07, 6.45) is 3.88. The Morgan fingerprint density at radius 3 is 2.75 bits per heavy atom. The van der Waals surface area contributed by atoms with Crippen molar-refractivity contribution in [2.24, 2.45) is 0 Å². The first-order valence-corrected chi connectivity index (χ1v) is 8.76. The normalized spacial score (nSPS) is 22.9. The Morgan fingerprint density at radius 2 is 1.96 bits per heavy atom. The SMILES string of the molecule is CN1CCc2cc(Cl)c(O)cc2[C@H]2c3ccc(C=O)cc3CC[C@@H]21. The number of carbonyl (C=O) groups is 1. The highest BCUT2D eigenvalue weighted by atomic mass is 35.5. The van der Waals surface area contributed by atoms with E-state index in [-0.39, 0.29) is 11.7 Å². The monoisotopic (exact) mass is 341 g/mol. The molecule has 1 aliphatic heterocycles. The molecule has 4 heteroatoms. The van der Waals surface area contributed by atoms with Crippen LogP contribution in [0.4, 0.5) is 0 Å². The zero-order valence-corrected chi connectivity index (χ0v) is 14.4. The fourth-order valence-electron chi connectivity index (χ4n) is 4.33. The second-order valence-electron chi connectivity index (χ2n) is 6.89. The summed E-state index contributed by atoms with van der Waals surface area (Å²) in [7, 11) is 2.18. The summed E-state index contributed by atoms with van der Waals surface area (Å²) in [5.74, 6) is 0.357. The number of aldehydes is 1. The minimum absolute atomic E-state index is 0.148. The van der Waals surface area contributed by atoms with Crippen molar-refractivity contribution in [3.8, 4) is 5.75 Å². The van der Waals surface area contributed by atoms with Crippen LogP contribution in [0.25, 0.3) is 0 Å². The minimum atomic E-state index is 0.148. The van der Waals surface area contributed by atoms with Crippen molar-refractivity contribution in [3.63, 3.8) is 0 Å². The summed E-state index contributed by atoms with van der Waals surface area (Å²) >= 11 is 6.15. The van der Waals surface area contributed by atoms with E-state index in [0.29, 0.717) is 11.1 Å². The molecule has 0 saturated carbocycles. The molecule has 2 atom stereocenters. The first-order chi connectivity index (χ1) is 11.6. The van der Waals surface area contributed by atoms with Gasteiger partial charge in [0.15, 0.2) is 0 Å². The van der Waals surface area contributed by atoms with E-state index in [9.17, 15) is 9.90 Å².